The molecule has 0 spiro atoms. The maximum Gasteiger partial charge on any atom is 0.257 e. The van der Waals surface area contributed by atoms with Gasteiger partial charge in [-0.05, 0) is 47.8 Å². The molecule has 2 aromatic rings. The Hall–Kier alpha value is -2.34. The maximum absolute atomic E-state index is 13.2. The van der Waals surface area contributed by atoms with E-state index in [9.17, 15) is 15.0 Å². The van der Waals surface area contributed by atoms with Crippen molar-refractivity contribution in [1.82, 2.24) is 14.5 Å². The molecule has 2 N–H and O–H groups in total. The summed E-state index contributed by atoms with van der Waals surface area (Å²) in [5.74, 6) is 1.12. The predicted octanol–water partition coefficient (Wildman–Crippen LogP) is 3.96. The number of phenols is 1. The molecule has 2 heterocycles. The first-order chi connectivity index (χ1) is 13.7. The molecule has 0 saturated carbocycles. The van der Waals surface area contributed by atoms with Crippen LogP contribution in [0.25, 0.3) is 0 Å². The quantitative estimate of drug-likeness (QED) is 0.798. The summed E-state index contributed by atoms with van der Waals surface area (Å²) >= 11 is 0. The summed E-state index contributed by atoms with van der Waals surface area (Å²) in [4.78, 5) is 19.3. The Morgan fingerprint density at radius 2 is 1.79 bits per heavy atom. The Balaban J connectivity index is 1.76. The van der Waals surface area contributed by atoms with Crippen LogP contribution < -0.4 is 0 Å². The van der Waals surface area contributed by atoms with Crippen LogP contribution in [0, 0.1) is 5.92 Å². The van der Waals surface area contributed by atoms with Gasteiger partial charge in [-0.3, -0.25) is 4.79 Å². The second-order valence-electron chi connectivity index (χ2n) is 8.79. The molecule has 0 radical (unpaired) electrons. The van der Waals surface area contributed by atoms with E-state index < -0.39 is 6.10 Å². The number of amides is 1. The molecule has 6 heteroatoms. The fourth-order valence-corrected chi connectivity index (χ4v) is 4.08. The van der Waals surface area contributed by atoms with E-state index in [1.807, 2.05) is 43.8 Å². The van der Waals surface area contributed by atoms with Crippen LogP contribution in [0.5, 0.6) is 5.75 Å². The Labute approximate surface area is 173 Å². The van der Waals surface area contributed by atoms with Crippen molar-refractivity contribution in [2.45, 2.75) is 58.5 Å². The van der Waals surface area contributed by atoms with Gasteiger partial charge in [-0.1, -0.05) is 33.8 Å². The first kappa shape index (κ1) is 21.4. The van der Waals surface area contributed by atoms with Gasteiger partial charge in [0.25, 0.3) is 5.91 Å². The van der Waals surface area contributed by atoms with Crippen LogP contribution in [0.4, 0.5) is 0 Å². The van der Waals surface area contributed by atoms with Gasteiger partial charge in [0, 0.05) is 32.5 Å². The average Bonchev–Trinajstić information content (AvgIpc) is 3.12. The molecule has 1 saturated heterocycles. The fraction of sp³-hybridized carbons (Fsp3) is 0.565. The van der Waals surface area contributed by atoms with Crippen molar-refractivity contribution in [3.8, 4) is 5.75 Å². The second-order valence-corrected chi connectivity index (χ2v) is 8.79. The second kappa shape index (κ2) is 8.57. The van der Waals surface area contributed by atoms with Gasteiger partial charge in [-0.25, -0.2) is 4.98 Å². The highest BCUT2D eigenvalue weighted by atomic mass is 16.3. The number of carbonyl (C=O) groups excluding carboxylic acids is 1. The minimum Gasteiger partial charge on any atom is -0.507 e. The maximum atomic E-state index is 13.2. The van der Waals surface area contributed by atoms with Gasteiger partial charge in [-0.2, -0.15) is 0 Å². The largest absolute Gasteiger partial charge is 0.507 e. The molecule has 1 aliphatic rings. The number of piperidine rings is 1. The molecule has 0 bridgehead atoms. The van der Waals surface area contributed by atoms with Gasteiger partial charge in [-0.15, -0.1) is 0 Å². The third-order valence-corrected chi connectivity index (χ3v) is 6.08. The number of imidazole rings is 1. The Morgan fingerprint density at radius 3 is 2.31 bits per heavy atom. The van der Waals surface area contributed by atoms with Crippen LogP contribution in [-0.2, 0) is 7.05 Å². The van der Waals surface area contributed by atoms with Crippen LogP contribution in [0.15, 0.2) is 24.5 Å². The smallest absolute Gasteiger partial charge is 0.257 e. The van der Waals surface area contributed by atoms with Crippen LogP contribution in [-0.4, -0.2) is 43.7 Å². The van der Waals surface area contributed by atoms with E-state index >= 15 is 0 Å². The Morgan fingerprint density at radius 1 is 1.14 bits per heavy atom. The lowest BCUT2D eigenvalue weighted by molar-refractivity contribution is 0.0418. The number of aliphatic hydroxyl groups excluding tert-OH is 1. The molecule has 0 aliphatic carbocycles. The van der Waals surface area contributed by atoms with Crippen LogP contribution >= 0.6 is 0 Å². The van der Waals surface area contributed by atoms with E-state index in [2.05, 4.69) is 18.8 Å². The fourth-order valence-electron chi connectivity index (χ4n) is 4.08. The third-order valence-electron chi connectivity index (χ3n) is 6.08. The van der Waals surface area contributed by atoms with Gasteiger partial charge in [0.1, 0.15) is 17.7 Å². The molecule has 1 fully saturated rings. The van der Waals surface area contributed by atoms with E-state index in [-0.39, 0.29) is 29.4 Å². The van der Waals surface area contributed by atoms with Gasteiger partial charge in [0.2, 0.25) is 0 Å². The van der Waals surface area contributed by atoms with E-state index in [0.717, 1.165) is 11.1 Å². The number of hydrogen-bond acceptors (Lipinski definition) is 4. The SMILES string of the molecule is CC(C)c1cc(C(=O)N2CCC(C(O)c3nccn3C)CC2)c(O)c(C(C)C)c1. The number of phenolic OH excluding ortho intramolecular Hbond substituents is 1. The summed E-state index contributed by atoms with van der Waals surface area (Å²) in [7, 11) is 1.88. The molecule has 1 amide bonds. The van der Waals surface area contributed by atoms with Crippen molar-refractivity contribution in [3.63, 3.8) is 0 Å². The van der Waals surface area contributed by atoms with Crippen LogP contribution in [0.2, 0.25) is 0 Å². The lowest BCUT2D eigenvalue weighted by Gasteiger charge is -2.34. The van der Waals surface area contributed by atoms with E-state index in [1.54, 1.807) is 11.1 Å². The topological polar surface area (TPSA) is 78.6 Å². The molecule has 158 valence electrons. The molecule has 1 unspecified atom stereocenters. The number of nitrogens with zero attached hydrogens (tertiary/aromatic N) is 3. The molecule has 1 atom stereocenters. The zero-order chi connectivity index (χ0) is 21.3. The minimum atomic E-state index is -0.627. The number of benzene rings is 1. The highest BCUT2D eigenvalue weighted by molar-refractivity contribution is 5.97. The van der Waals surface area contributed by atoms with Crippen molar-refractivity contribution >= 4 is 5.91 Å². The minimum absolute atomic E-state index is 0.0713. The standard InChI is InChI=1S/C23H33N3O3/c1-14(2)17-12-18(15(3)4)21(28)19(13-17)23(29)26-9-6-16(7-10-26)20(27)22-24-8-11-25(22)5/h8,11-16,20,27-28H,6-7,9-10H2,1-5H3. The molecule has 1 aromatic carbocycles. The number of hydrogen-bond donors (Lipinski definition) is 2. The van der Waals surface area contributed by atoms with Gasteiger partial charge in [0.15, 0.2) is 0 Å². The van der Waals surface area contributed by atoms with Crippen molar-refractivity contribution in [3.05, 3.63) is 47.0 Å². The van der Waals surface area contributed by atoms with E-state index in [4.69, 9.17) is 0 Å². The number of aryl methyl sites for hydroxylation is 1. The first-order valence-electron chi connectivity index (χ1n) is 10.5. The average molecular weight is 400 g/mol. The summed E-state index contributed by atoms with van der Waals surface area (Å²) < 4.78 is 1.84. The molecule has 29 heavy (non-hydrogen) atoms. The zero-order valence-electron chi connectivity index (χ0n) is 18.1. The highest BCUT2D eigenvalue weighted by Gasteiger charge is 2.31. The molecular formula is C23H33N3O3. The number of aliphatic hydroxyl groups is 1. The monoisotopic (exact) mass is 399 g/mol. The van der Waals surface area contributed by atoms with Crippen LogP contribution in [0.3, 0.4) is 0 Å². The van der Waals surface area contributed by atoms with Gasteiger partial charge < -0.3 is 19.7 Å². The number of aromatic hydroxyl groups is 1. The zero-order valence-corrected chi connectivity index (χ0v) is 18.1. The molecule has 6 nitrogen and oxygen atoms in total. The number of rotatable bonds is 5. The summed E-state index contributed by atoms with van der Waals surface area (Å²) in [6, 6.07) is 3.85. The summed E-state index contributed by atoms with van der Waals surface area (Å²) in [5.41, 5.74) is 2.28. The van der Waals surface area contributed by atoms with Crippen molar-refractivity contribution < 1.29 is 15.0 Å². The van der Waals surface area contributed by atoms with Gasteiger partial charge in [0.05, 0.1) is 5.56 Å². The lowest BCUT2D eigenvalue weighted by Crippen LogP contribution is -2.40. The summed E-state index contributed by atoms with van der Waals surface area (Å²) in [6.45, 7) is 9.36. The van der Waals surface area contributed by atoms with E-state index in [1.165, 1.54) is 0 Å². The highest BCUT2D eigenvalue weighted by Crippen LogP contribution is 2.35. The molecule has 1 aromatic heterocycles. The molecule has 1 aliphatic heterocycles. The Kier molecular flexibility index (Phi) is 6.32. The first-order valence-corrected chi connectivity index (χ1v) is 10.5. The van der Waals surface area contributed by atoms with Crippen molar-refractivity contribution in [1.29, 1.82) is 0 Å². The Bertz CT molecular complexity index is 864. The summed E-state index contributed by atoms with van der Waals surface area (Å²) in [6.07, 6.45) is 4.31. The van der Waals surface area contributed by atoms with Crippen molar-refractivity contribution in [2.24, 2.45) is 13.0 Å². The van der Waals surface area contributed by atoms with E-state index in [0.29, 0.717) is 37.3 Å². The summed E-state index contributed by atoms with van der Waals surface area (Å²) in [5, 5.41) is 21.4. The molecule has 3 rings (SSSR count). The van der Waals surface area contributed by atoms with Crippen LogP contribution in [0.1, 0.15) is 85.8 Å². The number of carbonyl (C=O) groups is 1. The number of likely N-dealkylation sites (tertiary alicyclic amines) is 1. The lowest BCUT2D eigenvalue weighted by atomic mass is 9.89. The normalized spacial score (nSPS) is 16.6. The van der Waals surface area contributed by atoms with Crippen molar-refractivity contribution in [2.75, 3.05) is 13.1 Å². The molecular weight excluding hydrogens is 366 g/mol. The third kappa shape index (κ3) is 4.32. The van der Waals surface area contributed by atoms with Gasteiger partial charge >= 0.3 is 0 Å². The predicted molar refractivity (Wildman–Crippen MR) is 113 cm³/mol. The number of aromatic nitrogens is 2.